The zero-order valence-corrected chi connectivity index (χ0v) is 28.2. The van der Waals surface area contributed by atoms with E-state index in [4.69, 9.17) is 33.7 Å². The average Bonchev–Trinajstić information content (AvgIpc) is 3.47. The summed E-state index contributed by atoms with van der Waals surface area (Å²) in [5.41, 5.74) is 6.08. The predicted octanol–water partition coefficient (Wildman–Crippen LogP) is 6.57. The van der Waals surface area contributed by atoms with Gasteiger partial charge in [-0.15, -0.1) is 5.10 Å². The molecule has 1 saturated carbocycles. The maximum atomic E-state index is 13.6. The highest BCUT2D eigenvalue weighted by molar-refractivity contribution is 7.89. The highest BCUT2D eigenvalue weighted by Gasteiger charge is 2.33. The van der Waals surface area contributed by atoms with Gasteiger partial charge in [-0.25, -0.2) is 12.9 Å². The smallest absolute Gasteiger partial charge is 0.243 e. The first-order valence-electron chi connectivity index (χ1n) is 16.1. The van der Waals surface area contributed by atoms with Crippen LogP contribution >= 0.6 is 23.8 Å². The fourth-order valence-corrected chi connectivity index (χ4v) is 9.26. The number of nitrogens with zero attached hydrogens (tertiary/aromatic N) is 4. The van der Waals surface area contributed by atoms with Gasteiger partial charge in [0.2, 0.25) is 10.0 Å². The molecule has 2 aromatic carbocycles. The molecule has 2 fully saturated rings. The third kappa shape index (κ3) is 5.63. The van der Waals surface area contributed by atoms with Crippen molar-refractivity contribution in [1.29, 1.82) is 0 Å². The lowest BCUT2D eigenvalue weighted by molar-refractivity contribution is 0.0730. The molecule has 11 heteroatoms. The quantitative estimate of drug-likeness (QED) is 0.235. The topological polar surface area (TPSA) is 80.9 Å². The second-order valence-corrected chi connectivity index (χ2v) is 15.6. The predicted molar refractivity (Wildman–Crippen MR) is 182 cm³/mol. The Morgan fingerprint density at radius 3 is 2.56 bits per heavy atom. The minimum absolute atomic E-state index is 0.274. The van der Waals surface area contributed by atoms with Gasteiger partial charge < -0.3 is 14.6 Å². The third-order valence-corrected chi connectivity index (χ3v) is 12.5. The van der Waals surface area contributed by atoms with Gasteiger partial charge in [0.25, 0.3) is 0 Å². The van der Waals surface area contributed by atoms with E-state index in [1.165, 1.54) is 22.7 Å². The van der Waals surface area contributed by atoms with E-state index in [2.05, 4.69) is 35.9 Å². The summed E-state index contributed by atoms with van der Waals surface area (Å²) in [5.74, 6) is 1.89. The SMILES string of the molecule is C[C@@H]1[C@H](C)CCC[C@H]1NC(=S)c1c(-c2ccc(Cl)cc2)c2c3n(c(-c4cccc(S(=O)(=O)N5CCOCC5)c4)nn13)CCCC2. The van der Waals surface area contributed by atoms with E-state index in [1.54, 1.807) is 12.1 Å². The molecule has 3 atom stereocenters. The maximum Gasteiger partial charge on any atom is 0.243 e. The normalized spacial score (nSPS) is 22.8. The standard InChI is InChI=1S/C34H40ClN5O3S2/c1-22-7-5-11-29(23(22)2)36-33(44)31-30(24-12-14-26(35)15-13-24)28-10-3-4-16-39-32(37-40(31)34(28)39)25-8-6-9-27(21-25)45(41,42)38-17-19-43-20-18-38/h6,8-9,12-15,21-23,29H,3-5,7,10-11,16-20H2,1-2H3,(H,36,44)/t22-,23-,29-/m1/s1. The highest BCUT2D eigenvalue weighted by Crippen LogP contribution is 2.39. The van der Waals surface area contributed by atoms with Gasteiger partial charge in [-0.2, -0.15) is 4.31 Å². The molecule has 0 radical (unpaired) electrons. The van der Waals surface area contributed by atoms with Crippen LogP contribution in [0.1, 0.15) is 57.2 Å². The minimum atomic E-state index is -3.66. The number of sulfonamides is 1. The molecule has 45 heavy (non-hydrogen) atoms. The fraction of sp³-hybridized carbons (Fsp3) is 0.471. The number of aryl methyl sites for hydroxylation is 2. The first-order chi connectivity index (χ1) is 21.7. The fourth-order valence-electron chi connectivity index (χ4n) is 7.34. The molecule has 0 spiro atoms. The van der Waals surface area contributed by atoms with Crippen LogP contribution in [-0.2, 0) is 27.7 Å². The molecular weight excluding hydrogens is 626 g/mol. The number of morpholine rings is 1. The number of benzene rings is 2. The molecule has 2 aromatic heterocycles. The molecule has 4 aromatic rings. The van der Waals surface area contributed by atoms with Gasteiger partial charge in [0.05, 0.1) is 18.1 Å². The van der Waals surface area contributed by atoms with E-state index in [0.29, 0.717) is 54.2 Å². The minimum Gasteiger partial charge on any atom is -0.379 e. The summed E-state index contributed by atoms with van der Waals surface area (Å²) >= 11 is 12.6. The van der Waals surface area contributed by atoms with Crippen molar-refractivity contribution in [3.05, 3.63) is 64.8 Å². The van der Waals surface area contributed by atoms with Crippen molar-refractivity contribution in [1.82, 2.24) is 23.8 Å². The van der Waals surface area contributed by atoms with Crippen molar-refractivity contribution in [2.24, 2.45) is 11.8 Å². The van der Waals surface area contributed by atoms with Crippen molar-refractivity contribution >= 4 is 44.5 Å². The summed E-state index contributed by atoms with van der Waals surface area (Å²) in [6, 6.07) is 15.5. The lowest BCUT2D eigenvalue weighted by atomic mass is 9.78. The molecule has 7 rings (SSSR count). The summed E-state index contributed by atoms with van der Waals surface area (Å²) in [6.45, 7) is 6.97. The van der Waals surface area contributed by atoms with Crippen molar-refractivity contribution in [3.8, 4) is 22.5 Å². The molecule has 0 unspecified atom stereocenters. The van der Waals surface area contributed by atoms with Gasteiger partial charge in [-0.05, 0) is 67.3 Å². The number of halogens is 1. The van der Waals surface area contributed by atoms with Crippen LogP contribution in [0.4, 0.5) is 0 Å². The van der Waals surface area contributed by atoms with E-state index in [0.717, 1.165) is 66.1 Å². The van der Waals surface area contributed by atoms with Crippen LogP contribution in [0.3, 0.4) is 0 Å². The first-order valence-corrected chi connectivity index (χ1v) is 18.4. The number of hydrogen-bond donors (Lipinski definition) is 1. The second kappa shape index (κ2) is 12.4. The van der Waals surface area contributed by atoms with Crippen LogP contribution in [0.25, 0.3) is 28.2 Å². The number of nitrogens with one attached hydrogen (secondary N) is 1. The Labute approximate surface area is 275 Å². The Morgan fingerprint density at radius 2 is 1.78 bits per heavy atom. The van der Waals surface area contributed by atoms with Crippen LogP contribution in [0.5, 0.6) is 0 Å². The van der Waals surface area contributed by atoms with E-state index in [-0.39, 0.29) is 4.90 Å². The molecule has 238 valence electrons. The van der Waals surface area contributed by atoms with Crippen LogP contribution in [0.15, 0.2) is 53.4 Å². The van der Waals surface area contributed by atoms with Gasteiger partial charge in [0, 0.05) is 47.4 Å². The number of aromatic nitrogens is 3. The van der Waals surface area contributed by atoms with E-state index < -0.39 is 10.0 Å². The van der Waals surface area contributed by atoms with E-state index in [9.17, 15) is 8.42 Å². The molecule has 1 aliphatic carbocycles. The van der Waals surface area contributed by atoms with Gasteiger partial charge >= 0.3 is 0 Å². The summed E-state index contributed by atoms with van der Waals surface area (Å²) in [6.07, 6.45) is 6.45. The van der Waals surface area contributed by atoms with Crippen LogP contribution in [0.2, 0.25) is 5.02 Å². The molecule has 1 saturated heterocycles. The van der Waals surface area contributed by atoms with E-state index >= 15 is 0 Å². The Kier molecular flexibility index (Phi) is 8.54. The Bertz CT molecular complexity index is 1840. The average molecular weight is 666 g/mol. The summed E-state index contributed by atoms with van der Waals surface area (Å²) < 4.78 is 38.4. The zero-order chi connectivity index (χ0) is 31.3. The number of rotatable bonds is 6. The molecule has 3 aliphatic rings. The largest absolute Gasteiger partial charge is 0.379 e. The molecular formula is C34H40ClN5O3S2. The van der Waals surface area contributed by atoms with Gasteiger partial charge in [-0.1, -0.05) is 74.8 Å². The third-order valence-electron chi connectivity index (χ3n) is 10.1. The van der Waals surface area contributed by atoms with E-state index in [1.807, 2.05) is 28.8 Å². The van der Waals surface area contributed by atoms with Crippen molar-refractivity contribution in [2.45, 2.75) is 69.9 Å². The monoisotopic (exact) mass is 665 g/mol. The zero-order valence-electron chi connectivity index (χ0n) is 25.8. The summed E-state index contributed by atoms with van der Waals surface area (Å²) in [4.78, 5) is 0.975. The Balaban J connectivity index is 1.38. The highest BCUT2D eigenvalue weighted by atomic mass is 35.5. The Hall–Kier alpha value is -2.76. The van der Waals surface area contributed by atoms with Gasteiger partial charge in [0.1, 0.15) is 16.3 Å². The number of ether oxygens (including phenoxy) is 1. The molecule has 1 N–H and O–H groups in total. The summed E-state index contributed by atoms with van der Waals surface area (Å²) in [5, 5.41) is 9.71. The van der Waals surface area contributed by atoms with Crippen molar-refractivity contribution in [3.63, 3.8) is 0 Å². The number of hydrogen-bond acceptors (Lipinski definition) is 5. The molecule has 0 amide bonds. The second-order valence-electron chi connectivity index (χ2n) is 12.8. The number of thiocarbonyl (C=S) groups is 1. The van der Waals surface area contributed by atoms with Crippen molar-refractivity contribution in [2.75, 3.05) is 26.3 Å². The lowest BCUT2D eigenvalue weighted by Gasteiger charge is -2.35. The molecule has 4 heterocycles. The maximum absolute atomic E-state index is 13.6. The van der Waals surface area contributed by atoms with Gasteiger partial charge in [0.15, 0.2) is 5.82 Å². The molecule has 0 bridgehead atoms. The Morgan fingerprint density at radius 1 is 1.00 bits per heavy atom. The van der Waals surface area contributed by atoms with Crippen LogP contribution in [0, 0.1) is 11.8 Å². The molecule has 2 aliphatic heterocycles. The summed E-state index contributed by atoms with van der Waals surface area (Å²) in [7, 11) is -3.66. The van der Waals surface area contributed by atoms with Crippen LogP contribution < -0.4 is 5.32 Å². The van der Waals surface area contributed by atoms with Gasteiger partial charge in [-0.3, -0.25) is 0 Å². The molecule has 8 nitrogen and oxygen atoms in total. The van der Waals surface area contributed by atoms with Crippen molar-refractivity contribution < 1.29 is 13.2 Å². The first kappa shape index (κ1) is 30.9. The lowest BCUT2D eigenvalue weighted by Crippen LogP contribution is -2.43. The van der Waals surface area contributed by atoms with Crippen LogP contribution in [-0.4, -0.2) is 64.2 Å².